The summed E-state index contributed by atoms with van der Waals surface area (Å²) in [6, 6.07) is 7.79. The molecule has 6 heteroatoms. The van der Waals surface area contributed by atoms with E-state index in [2.05, 4.69) is 26.7 Å². The summed E-state index contributed by atoms with van der Waals surface area (Å²) in [7, 11) is 0. The van der Waals surface area contributed by atoms with Gasteiger partial charge in [-0.3, -0.25) is 14.1 Å². The molecule has 0 unspecified atom stereocenters. The third kappa shape index (κ3) is 2.92. The maximum atomic E-state index is 12.3. The van der Waals surface area contributed by atoms with Crippen molar-refractivity contribution in [3.63, 3.8) is 0 Å². The molecule has 1 atom stereocenters. The molecule has 0 aliphatic carbocycles. The van der Waals surface area contributed by atoms with Crippen LogP contribution in [-0.4, -0.2) is 20.8 Å². The third-order valence-corrected chi connectivity index (χ3v) is 5.26. The van der Waals surface area contributed by atoms with Crippen molar-refractivity contribution in [1.82, 2.24) is 14.3 Å². The highest BCUT2D eigenvalue weighted by atomic mass is 35.5. The molecule has 23 heavy (non-hydrogen) atoms. The van der Waals surface area contributed by atoms with Gasteiger partial charge in [-0.2, -0.15) is 11.3 Å². The largest absolute Gasteiger partial charge is 0.290 e. The third-order valence-electron chi connectivity index (χ3n) is 4.33. The van der Waals surface area contributed by atoms with Gasteiger partial charge in [-0.1, -0.05) is 11.6 Å². The van der Waals surface area contributed by atoms with Crippen LogP contribution in [0, 0.1) is 0 Å². The molecule has 0 amide bonds. The minimum absolute atomic E-state index is 0.0845. The van der Waals surface area contributed by atoms with E-state index in [9.17, 15) is 4.79 Å². The monoisotopic (exact) mass is 345 g/mol. The Morgan fingerprint density at radius 2 is 2.26 bits per heavy atom. The van der Waals surface area contributed by atoms with Crippen molar-refractivity contribution in [2.75, 3.05) is 6.54 Å². The zero-order valence-electron chi connectivity index (χ0n) is 12.5. The lowest BCUT2D eigenvalue weighted by molar-refractivity contribution is 0.246. The first-order valence-corrected chi connectivity index (χ1v) is 8.97. The number of pyridine rings is 1. The molecule has 118 valence electrons. The second-order valence-corrected chi connectivity index (χ2v) is 7.06. The number of aromatic nitrogens is 2. The summed E-state index contributed by atoms with van der Waals surface area (Å²) in [5, 5.41) is 4.87. The van der Waals surface area contributed by atoms with Crippen LogP contribution >= 0.6 is 22.9 Å². The summed E-state index contributed by atoms with van der Waals surface area (Å²) in [6.45, 7) is 1.75. The molecule has 0 radical (unpaired) electrons. The SMILES string of the molecule is O=c1cc(CN2CCC[C@H]2c2ccsc2)nc2ccc(Cl)cn12. The van der Waals surface area contributed by atoms with Crippen LogP contribution in [-0.2, 0) is 6.54 Å². The molecule has 1 aliphatic rings. The van der Waals surface area contributed by atoms with Crippen LogP contribution in [0.5, 0.6) is 0 Å². The average molecular weight is 346 g/mol. The summed E-state index contributed by atoms with van der Waals surface area (Å²) >= 11 is 7.68. The molecule has 3 aromatic heterocycles. The van der Waals surface area contributed by atoms with Crippen LogP contribution in [0.15, 0.2) is 46.0 Å². The van der Waals surface area contributed by atoms with Gasteiger partial charge >= 0.3 is 0 Å². The fourth-order valence-electron chi connectivity index (χ4n) is 3.27. The Labute approximate surface area is 143 Å². The fourth-order valence-corrected chi connectivity index (χ4v) is 4.14. The minimum atomic E-state index is -0.0845. The Morgan fingerprint density at radius 3 is 3.09 bits per heavy atom. The zero-order valence-corrected chi connectivity index (χ0v) is 14.1. The minimum Gasteiger partial charge on any atom is -0.290 e. The second kappa shape index (κ2) is 6.07. The molecule has 4 rings (SSSR count). The van der Waals surface area contributed by atoms with Crippen LogP contribution in [0.3, 0.4) is 0 Å². The standard InChI is InChI=1S/C17H16ClN3OS/c18-13-3-4-16-19-14(8-17(22)21(16)9-13)10-20-6-1-2-15(20)12-5-7-23-11-12/h3-5,7-9,11,15H,1-2,6,10H2/t15-/m0/s1. The van der Waals surface area contributed by atoms with Gasteiger partial charge in [-0.25, -0.2) is 4.98 Å². The lowest BCUT2D eigenvalue weighted by Crippen LogP contribution is -2.25. The van der Waals surface area contributed by atoms with Crippen LogP contribution in [0.4, 0.5) is 0 Å². The molecule has 1 fully saturated rings. The van der Waals surface area contributed by atoms with Gasteiger partial charge in [0.25, 0.3) is 5.56 Å². The summed E-state index contributed by atoms with van der Waals surface area (Å²) in [6.07, 6.45) is 3.96. The normalized spacial score (nSPS) is 18.7. The number of nitrogens with zero attached hydrogens (tertiary/aromatic N) is 3. The van der Waals surface area contributed by atoms with E-state index in [-0.39, 0.29) is 5.56 Å². The molecular formula is C17H16ClN3OS. The molecular weight excluding hydrogens is 330 g/mol. The highest BCUT2D eigenvalue weighted by Crippen LogP contribution is 2.33. The molecule has 0 spiro atoms. The molecule has 0 N–H and O–H groups in total. The predicted octanol–water partition coefficient (Wildman–Crippen LogP) is 3.75. The predicted molar refractivity (Wildman–Crippen MR) is 93.2 cm³/mol. The van der Waals surface area contributed by atoms with E-state index in [1.165, 1.54) is 22.8 Å². The van der Waals surface area contributed by atoms with Gasteiger partial charge in [0.15, 0.2) is 0 Å². The molecule has 1 aliphatic heterocycles. The quantitative estimate of drug-likeness (QED) is 0.725. The first kappa shape index (κ1) is 14.9. The Morgan fingerprint density at radius 1 is 1.35 bits per heavy atom. The number of rotatable bonds is 3. The lowest BCUT2D eigenvalue weighted by Gasteiger charge is -2.23. The summed E-state index contributed by atoms with van der Waals surface area (Å²) < 4.78 is 1.49. The van der Waals surface area contributed by atoms with Gasteiger partial charge in [-0.05, 0) is 53.9 Å². The Hall–Kier alpha value is -1.69. The topological polar surface area (TPSA) is 37.6 Å². The van der Waals surface area contributed by atoms with Gasteiger partial charge in [0.05, 0.1) is 10.7 Å². The van der Waals surface area contributed by atoms with Gasteiger partial charge in [0.2, 0.25) is 0 Å². The number of likely N-dealkylation sites (tertiary alicyclic amines) is 1. The van der Waals surface area contributed by atoms with E-state index in [4.69, 9.17) is 11.6 Å². The van der Waals surface area contributed by atoms with Gasteiger partial charge in [0.1, 0.15) is 5.65 Å². The molecule has 0 saturated carbocycles. The van der Waals surface area contributed by atoms with Crippen molar-refractivity contribution in [3.8, 4) is 0 Å². The van der Waals surface area contributed by atoms with Crippen LogP contribution < -0.4 is 5.56 Å². The van der Waals surface area contributed by atoms with Crippen molar-refractivity contribution in [3.05, 3.63) is 67.9 Å². The molecule has 1 saturated heterocycles. The van der Waals surface area contributed by atoms with E-state index in [0.717, 1.165) is 12.2 Å². The molecule has 3 aromatic rings. The van der Waals surface area contributed by atoms with Crippen LogP contribution in [0.1, 0.15) is 30.1 Å². The van der Waals surface area contributed by atoms with Crippen molar-refractivity contribution < 1.29 is 0 Å². The maximum absolute atomic E-state index is 12.3. The molecule has 4 heterocycles. The van der Waals surface area contributed by atoms with E-state index in [1.807, 2.05) is 0 Å². The number of thiophene rings is 1. The van der Waals surface area contributed by atoms with Crippen molar-refractivity contribution >= 4 is 28.6 Å². The number of hydrogen-bond acceptors (Lipinski definition) is 4. The summed E-state index contributed by atoms with van der Waals surface area (Å²) in [4.78, 5) is 19.3. The molecule has 0 aromatic carbocycles. The average Bonchev–Trinajstić information content (AvgIpc) is 3.19. The number of hydrogen-bond donors (Lipinski definition) is 0. The number of fused-ring (bicyclic) bond motifs is 1. The maximum Gasteiger partial charge on any atom is 0.258 e. The summed E-state index contributed by atoms with van der Waals surface area (Å²) in [5.41, 5.74) is 2.75. The van der Waals surface area contributed by atoms with Crippen molar-refractivity contribution in [1.29, 1.82) is 0 Å². The van der Waals surface area contributed by atoms with E-state index < -0.39 is 0 Å². The Bertz CT molecular complexity index is 890. The van der Waals surface area contributed by atoms with Crippen LogP contribution in [0.25, 0.3) is 5.65 Å². The lowest BCUT2D eigenvalue weighted by atomic mass is 10.1. The van der Waals surface area contributed by atoms with Gasteiger partial charge < -0.3 is 0 Å². The Kier molecular flexibility index (Phi) is 3.93. The van der Waals surface area contributed by atoms with Gasteiger partial charge in [0, 0.05) is 24.8 Å². The fraction of sp³-hybridized carbons (Fsp3) is 0.294. The highest BCUT2D eigenvalue weighted by molar-refractivity contribution is 7.07. The van der Waals surface area contributed by atoms with Crippen molar-refractivity contribution in [2.45, 2.75) is 25.4 Å². The van der Waals surface area contributed by atoms with E-state index >= 15 is 0 Å². The smallest absolute Gasteiger partial charge is 0.258 e. The second-order valence-electron chi connectivity index (χ2n) is 5.85. The van der Waals surface area contributed by atoms with Gasteiger partial charge in [-0.15, -0.1) is 0 Å². The zero-order chi connectivity index (χ0) is 15.8. The van der Waals surface area contributed by atoms with E-state index in [0.29, 0.717) is 23.3 Å². The molecule has 4 nitrogen and oxygen atoms in total. The number of halogens is 1. The Balaban J connectivity index is 1.65. The van der Waals surface area contributed by atoms with Crippen molar-refractivity contribution in [2.24, 2.45) is 0 Å². The van der Waals surface area contributed by atoms with Crippen LogP contribution in [0.2, 0.25) is 5.02 Å². The molecule has 0 bridgehead atoms. The first-order chi connectivity index (χ1) is 11.2. The highest BCUT2D eigenvalue weighted by Gasteiger charge is 2.26. The first-order valence-electron chi connectivity index (χ1n) is 7.65. The van der Waals surface area contributed by atoms with E-state index in [1.54, 1.807) is 35.7 Å². The summed E-state index contributed by atoms with van der Waals surface area (Å²) in [5.74, 6) is 0.